The average Bonchev–Trinajstić information content (AvgIpc) is 3.46. The molecule has 0 aliphatic heterocycles. The molecule has 2 aliphatic carbocycles. The van der Waals surface area contributed by atoms with Gasteiger partial charge in [0.05, 0.1) is 11.4 Å². The van der Waals surface area contributed by atoms with Crippen molar-refractivity contribution in [2.75, 3.05) is 47.3 Å². The Morgan fingerprint density at radius 2 is 0.658 bits per heavy atom. The van der Waals surface area contributed by atoms with E-state index in [2.05, 4.69) is 257 Å². The van der Waals surface area contributed by atoms with Crippen LogP contribution >= 0.6 is 20.1 Å². The monoisotopic (exact) mass is 1030 g/mol. The fourth-order valence-electron chi connectivity index (χ4n) is 12.0. The summed E-state index contributed by atoms with van der Waals surface area (Å²) < 4.78 is 0. The van der Waals surface area contributed by atoms with Crippen LogP contribution in [0.2, 0.25) is 0 Å². The van der Waals surface area contributed by atoms with Gasteiger partial charge in [-0.3, -0.25) is 0 Å². The smallest absolute Gasteiger partial charge is 0.0546 e. The summed E-state index contributed by atoms with van der Waals surface area (Å²) in [6.45, 7) is 9.17. The fourth-order valence-corrected chi connectivity index (χ4v) is 13.9. The molecule has 0 bridgehead atoms. The molecule has 0 atom stereocenters. The molecular formula is C72H76N2S2. The first-order valence-corrected chi connectivity index (χ1v) is 33.7. The molecule has 0 heterocycles. The molecule has 2 aliphatic rings. The Bertz CT molecular complexity index is 3430. The standard InChI is InChI=1S/C72H76N2S2/c1-47(2)49-17-29-57(30-18-49)73(59-33-21-53(22-34-59)51-13-11-14-51)69-45-67(55-25-37-61(38-26-55)75(5,6)7)63-42-44-66-70(46-68(64-41-43-65(69)71(63)72(64)66)56-27-39-62(40-28-56)76(8,9)10)74(58-31-19-50(20-32-58)48(3)4)60-35-23-54(24-36-60)52-15-12-16-52/h17-48,51-52H,11-16H2,1-10H3. The Labute approximate surface area is 457 Å². The molecule has 386 valence electrons. The first-order chi connectivity index (χ1) is 36.6. The van der Waals surface area contributed by atoms with Crippen molar-refractivity contribution in [1.29, 1.82) is 0 Å². The van der Waals surface area contributed by atoms with Gasteiger partial charge in [0.1, 0.15) is 0 Å². The maximum Gasteiger partial charge on any atom is 0.0546 e. The molecule has 4 heteroatoms. The summed E-state index contributed by atoms with van der Waals surface area (Å²) in [4.78, 5) is 7.95. The molecule has 0 aromatic heterocycles. The Hall–Kier alpha value is -6.46. The molecule has 10 aromatic rings. The van der Waals surface area contributed by atoms with Gasteiger partial charge in [0, 0.05) is 44.3 Å². The maximum absolute atomic E-state index is 2.55. The van der Waals surface area contributed by atoms with Gasteiger partial charge in [0.25, 0.3) is 0 Å². The third-order valence-electron chi connectivity index (χ3n) is 17.2. The van der Waals surface area contributed by atoms with Crippen molar-refractivity contribution in [2.24, 2.45) is 0 Å². The second kappa shape index (κ2) is 19.8. The third kappa shape index (κ3) is 9.28. The fraction of sp³-hybridized carbons (Fsp3) is 0.278. The Balaban J connectivity index is 1.19. The van der Waals surface area contributed by atoms with Gasteiger partial charge in [-0.25, -0.2) is 20.1 Å². The largest absolute Gasteiger partial charge is 0.310 e. The molecule has 0 radical (unpaired) electrons. The number of nitrogens with zero attached hydrogens (tertiary/aromatic N) is 2. The zero-order valence-electron chi connectivity index (χ0n) is 46.6. The molecule has 2 fully saturated rings. The minimum Gasteiger partial charge on any atom is -0.310 e. The van der Waals surface area contributed by atoms with E-state index < -0.39 is 20.1 Å². The summed E-state index contributed by atoms with van der Waals surface area (Å²) in [5, 5.41) is 7.65. The van der Waals surface area contributed by atoms with Crippen molar-refractivity contribution >= 4 is 86.5 Å². The van der Waals surface area contributed by atoms with Crippen LogP contribution in [0.5, 0.6) is 0 Å². The Morgan fingerprint density at radius 1 is 0.355 bits per heavy atom. The zero-order valence-corrected chi connectivity index (χ0v) is 48.2. The second-order valence-electron chi connectivity index (χ2n) is 24.3. The lowest BCUT2D eigenvalue weighted by Crippen LogP contribution is -2.13. The number of hydrogen-bond acceptors (Lipinski definition) is 2. The number of anilines is 6. The van der Waals surface area contributed by atoms with Gasteiger partial charge < -0.3 is 9.80 Å². The molecule has 0 saturated heterocycles. The van der Waals surface area contributed by atoms with Crippen molar-refractivity contribution in [2.45, 2.75) is 99.7 Å². The molecule has 2 nitrogen and oxygen atoms in total. The van der Waals surface area contributed by atoms with Crippen molar-refractivity contribution in [3.63, 3.8) is 0 Å². The van der Waals surface area contributed by atoms with E-state index >= 15 is 0 Å². The molecular weight excluding hydrogens is 957 g/mol. The second-order valence-corrected chi connectivity index (χ2v) is 32.6. The molecule has 2 saturated carbocycles. The molecule has 0 N–H and O–H groups in total. The first-order valence-electron chi connectivity index (χ1n) is 28.0. The zero-order chi connectivity index (χ0) is 52.6. The summed E-state index contributed by atoms with van der Waals surface area (Å²) in [5.41, 5.74) is 17.6. The first kappa shape index (κ1) is 50.4. The van der Waals surface area contributed by atoms with E-state index in [0.29, 0.717) is 23.7 Å². The summed E-state index contributed by atoms with van der Waals surface area (Å²) in [5.74, 6) is 2.20. The third-order valence-corrected chi connectivity index (χ3v) is 20.5. The lowest BCUT2D eigenvalue weighted by atomic mass is 9.80. The highest BCUT2D eigenvalue weighted by molar-refractivity contribution is 8.32. The van der Waals surface area contributed by atoms with Crippen molar-refractivity contribution < 1.29 is 0 Å². The van der Waals surface area contributed by atoms with Crippen LogP contribution in [0.3, 0.4) is 0 Å². The SMILES string of the molecule is CC(C)c1ccc(N(c2ccc(C3CCC3)cc2)c2cc(-c3ccc(S(C)(C)C)cc3)c3ccc4c(N(c5ccc(C(C)C)cc5)c5ccc(C6CCC6)cc5)cc(-c5ccc(S(C)(C)C)cc5)c5ccc2c3c54)cc1. The van der Waals surface area contributed by atoms with E-state index in [1.165, 1.54) is 148 Å². The average molecular weight is 1030 g/mol. The van der Waals surface area contributed by atoms with Crippen LogP contribution < -0.4 is 9.80 Å². The predicted octanol–water partition coefficient (Wildman–Crippen LogP) is 21.7. The molecule has 76 heavy (non-hydrogen) atoms. The van der Waals surface area contributed by atoms with Crippen LogP contribution in [0.4, 0.5) is 34.1 Å². The molecule has 0 amide bonds. The topological polar surface area (TPSA) is 6.48 Å². The number of benzene rings is 10. The summed E-state index contributed by atoms with van der Waals surface area (Å²) in [7, 11) is -1.84. The van der Waals surface area contributed by atoms with Crippen molar-refractivity contribution in [3.8, 4) is 22.3 Å². The molecule has 10 aromatic carbocycles. The Kier molecular flexibility index (Phi) is 13.1. The van der Waals surface area contributed by atoms with E-state index in [1.54, 1.807) is 0 Å². The van der Waals surface area contributed by atoms with E-state index in [4.69, 9.17) is 0 Å². The van der Waals surface area contributed by atoms with Crippen LogP contribution in [-0.2, 0) is 0 Å². The van der Waals surface area contributed by atoms with E-state index in [-0.39, 0.29) is 0 Å². The van der Waals surface area contributed by atoms with Crippen molar-refractivity contribution in [1.82, 2.24) is 0 Å². The molecule has 12 rings (SSSR count). The maximum atomic E-state index is 2.55. The van der Waals surface area contributed by atoms with Gasteiger partial charge >= 0.3 is 0 Å². The van der Waals surface area contributed by atoms with Crippen LogP contribution in [0.25, 0.3) is 54.6 Å². The molecule has 0 spiro atoms. The lowest BCUT2D eigenvalue weighted by Gasteiger charge is -2.32. The van der Waals surface area contributed by atoms with Gasteiger partial charge in [-0.1, -0.05) is 138 Å². The normalized spacial score (nSPS) is 14.9. The predicted molar refractivity (Wildman–Crippen MR) is 339 cm³/mol. The summed E-state index contributed by atoms with van der Waals surface area (Å²) in [6, 6.07) is 71.9. The molecule has 0 unspecified atom stereocenters. The lowest BCUT2D eigenvalue weighted by molar-refractivity contribution is 0.420. The number of hydrogen-bond donors (Lipinski definition) is 0. The van der Waals surface area contributed by atoms with Gasteiger partial charge in [-0.15, -0.1) is 0 Å². The van der Waals surface area contributed by atoms with Crippen LogP contribution in [0.15, 0.2) is 192 Å². The van der Waals surface area contributed by atoms with Crippen LogP contribution in [0, 0.1) is 0 Å². The van der Waals surface area contributed by atoms with Gasteiger partial charge in [-0.2, -0.15) is 0 Å². The Morgan fingerprint density at radius 3 is 0.934 bits per heavy atom. The van der Waals surface area contributed by atoms with Crippen molar-refractivity contribution in [3.05, 3.63) is 204 Å². The van der Waals surface area contributed by atoms with E-state index in [9.17, 15) is 0 Å². The number of rotatable bonds is 14. The van der Waals surface area contributed by atoms with Crippen LogP contribution in [0.1, 0.15) is 112 Å². The quantitative estimate of drug-likeness (QED) is 0.100. The highest BCUT2D eigenvalue weighted by atomic mass is 32.3. The van der Waals surface area contributed by atoms with E-state index in [0.717, 1.165) is 11.4 Å². The summed E-state index contributed by atoms with van der Waals surface area (Å²) >= 11 is 0. The minimum absolute atomic E-state index is 0.436. The summed E-state index contributed by atoms with van der Waals surface area (Å²) in [6.07, 6.45) is 22.2. The van der Waals surface area contributed by atoms with Gasteiger partial charge in [-0.05, 0) is 237 Å². The minimum atomic E-state index is -0.921. The highest BCUT2D eigenvalue weighted by Crippen LogP contribution is 2.54. The van der Waals surface area contributed by atoms with Gasteiger partial charge in [0.2, 0.25) is 0 Å². The highest BCUT2D eigenvalue weighted by Gasteiger charge is 2.28. The van der Waals surface area contributed by atoms with E-state index in [1.807, 2.05) is 0 Å². The van der Waals surface area contributed by atoms with Gasteiger partial charge in [0.15, 0.2) is 0 Å². The van der Waals surface area contributed by atoms with Crippen LogP contribution in [-0.4, -0.2) is 37.5 Å².